The van der Waals surface area contributed by atoms with Crippen LogP contribution in [0.5, 0.6) is 5.75 Å². The first kappa shape index (κ1) is 16.1. The van der Waals surface area contributed by atoms with Gasteiger partial charge in [-0.3, -0.25) is 0 Å². The van der Waals surface area contributed by atoms with Gasteiger partial charge in [0.15, 0.2) is 11.6 Å². The first-order valence-corrected chi connectivity index (χ1v) is 8.11. The van der Waals surface area contributed by atoms with E-state index in [0.29, 0.717) is 28.2 Å². The van der Waals surface area contributed by atoms with E-state index in [2.05, 4.69) is 20.2 Å². The van der Waals surface area contributed by atoms with Gasteiger partial charge < -0.3 is 15.0 Å². The molecule has 2 aromatic rings. The Labute approximate surface area is 142 Å². The number of alkyl halides is 3. The molecule has 1 saturated heterocycles. The van der Waals surface area contributed by atoms with Crippen molar-refractivity contribution >= 4 is 28.1 Å². The van der Waals surface area contributed by atoms with Crippen molar-refractivity contribution in [1.82, 2.24) is 10.3 Å². The van der Waals surface area contributed by atoms with E-state index >= 15 is 0 Å². The minimum atomic E-state index is -4.41. The molecule has 2 aliphatic heterocycles. The number of anilines is 1. The lowest BCUT2D eigenvalue weighted by Crippen LogP contribution is -2.44. The van der Waals surface area contributed by atoms with Crippen molar-refractivity contribution in [3.05, 3.63) is 23.8 Å². The number of nitrogens with zero attached hydrogens (tertiary/aromatic N) is 3. The summed E-state index contributed by atoms with van der Waals surface area (Å²) in [5, 5.41) is 3.62. The van der Waals surface area contributed by atoms with Gasteiger partial charge in [0.25, 0.3) is 0 Å². The fourth-order valence-corrected chi connectivity index (χ4v) is 3.13. The summed E-state index contributed by atoms with van der Waals surface area (Å²) < 4.78 is 45.0. The van der Waals surface area contributed by atoms with Gasteiger partial charge in [-0.1, -0.05) is 0 Å². The Morgan fingerprint density at radius 1 is 1.20 bits per heavy atom. The molecule has 0 atom stereocenters. The molecule has 0 amide bonds. The van der Waals surface area contributed by atoms with Gasteiger partial charge in [0.2, 0.25) is 0 Å². The van der Waals surface area contributed by atoms with Crippen LogP contribution in [0.15, 0.2) is 23.2 Å². The number of hydrogen-bond acceptors (Lipinski definition) is 5. The van der Waals surface area contributed by atoms with Crippen LogP contribution >= 0.6 is 0 Å². The molecule has 8 heteroatoms. The largest absolute Gasteiger partial charge is 0.485 e. The number of halogens is 3. The number of nitrogens with one attached hydrogen (secondary N) is 1. The van der Waals surface area contributed by atoms with Gasteiger partial charge in [0, 0.05) is 31.6 Å². The van der Waals surface area contributed by atoms with Crippen molar-refractivity contribution in [2.45, 2.75) is 13.1 Å². The van der Waals surface area contributed by atoms with Crippen molar-refractivity contribution in [3.8, 4) is 5.75 Å². The van der Waals surface area contributed by atoms with Crippen LogP contribution in [0, 0.1) is 0 Å². The molecule has 132 valence electrons. The van der Waals surface area contributed by atoms with E-state index in [0.717, 1.165) is 44.0 Å². The van der Waals surface area contributed by atoms with Gasteiger partial charge in [-0.05, 0) is 25.1 Å². The van der Waals surface area contributed by atoms with E-state index in [1.54, 1.807) is 0 Å². The maximum absolute atomic E-state index is 13.1. The maximum atomic E-state index is 13.1. The zero-order valence-electron chi connectivity index (χ0n) is 13.7. The van der Waals surface area contributed by atoms with Gasteiger partial charge in [-0.2, -0.15) is 13.2 Å². The van der Waals surface area contributed by atoms with Gasteiger partial charge in [-0.15, -0.1) is 0 Å². The summed E-state index contributed by atoms with van der Waals surface area (Å²) in [6.45, 7) is 5.28. The Bertz CT molecular complexity index is 857. The van der Waals surface area contributed by atoms with E-state index in [1.165, 1.54) is 6.07 Å². The van der Waals surface area contributed by atoms with E-state index < -0.39 is 11.7 Å². The molecule has 0 bridgehead atoms. The fourth-order valence-electron chi connectivity index (χ4n) is 3.13. The molecule has 4 rings (SSSR count). The van der Waals surface area contributed by atoms with Gasteiger partial charge in [-0.25, -0.2) is 9.98 Å². The van der Waals surface area contributed by atoms with E-state index in [4.69, 9.17) is 4.74 Å². The minimum Gasteiger partial charge on any atom is -0.485 e. The summed E-state index contributed by atoms with van der Waals surface area (Å²) in [7, 11) is 0. The molecule has 0 unspecified atom stereocenters. The lowest BCUT2D eigenvalue weighted by molar-refractivity contribution is -0.137. The number of hydrogen-bond donors (Lipinski definition) is 1. The maximum Gasteiger partial charge on any atom is 0.416 e. The molecule has 5 nitrogen and oxygen atoms in total. The van der Waals surface area contributed by atoms with Crippen LogP contribution in [0.25, 0.3) is 10.9 Å². The van der Waals surface area contributed by atoms with Crippen molar-refractivity contribution in [2.75, 3.05) is 37.7 Å². The quantitative estimate of drug-likeness (QED) is 0.858. The highest BCUT2D eigenvalue weighted by atomic mass is 19.4. The zero-order valence-corrected chi connectivity index (χ0v) is 13.7. The molecule has 0 saturated carbocycles. The lowest BCUT2D eigenvalue weighted by Gasteiger charge is -2.31. The average molecular weight is 350 g/mol. The number of rotatable bonds is 1. The van der Waals surface area contributed by atoms with Crippen LogP contribution in [0.4, 0.5) is 24.7 Å². The predicted octanol–water partition coefficient (Wildman–Crippen LogP) is 3.15. The van der Waals surface area contributed by atoms with Crippen LogP contribution < -0.4 is 15.0 Å². The lowest BCUT2D eigenvalue weighted by atomic mass is 10.1. The second kappa shape index (κ2) is 5.87. The number of benzene rings is 1. The summed E-state index contributed by atoms with van der Waals surface area (Å²) in [5.41, 5.74) is 1.07. The normalized spacial score (nSPS) is 17.9. The highest BCUT2D eigenvalue weighted by molar-refractivity contribution is 5.99. The standard InChI is InChI=1S/C17H17F3N4O/c1-10-9-25-15-12-8-11(17(18,19)20)2-3-13(12)23-16(14(15)22-10)24-6-4-21-5-7-24/h2-3,8,21H,4-7,9H2,1H3. The van der Waals surface area contributed by atoms with Crippen LogP contribution in [-0.2, 0) is 6.18 Å². The third-order valence-electron chi connectivity index (χ3n) is 4.37. The average Bonchev–Trinajstić information content (AvgIpc) is 2.60. The third-order valence-corrected chi connectivity index (χ3v) is 4.37. The van der Waals surface area contributed by atoms with Crippen LogP contribution in [0.1, 0.15) is 12.5 Å². The van der Waals surface area contributed by atoms with E-state index in [9.17, 15) is 13.2 Å². The molecular weight excluding hydrogens is 333 g/mol. The number of ether oxygens (including phenoxy) is 1. The van der Waals surface area contributed by atoms with Crippen molar-refractivity contribution in [1.29, 1.82) is 0 Å². The number of pyridine rings is 1. The van der Waals surface area contributed by atoms with Crippen LogP contribution in [0.2, 0.25) is 0 Å². The molecule has 1 fully saturated rings. The highest BCUT2D eigenvalue weighted by Crippen LogP contribution is 2.45. The number of piperazine rings is 1. The minimum absolute atomic E-state index is 0.267. The van der Waals surface area contributed by atoms with E-state index in [-0.39, 0.29) is 6.61 Å². The molecule has 0 radical (unpaired) electrons. The molecule has 0 spiro atoms. The topological polar surface area (TPSA) is 49.8 Å². The van der Waals surface area contributed by atoms with Gasteiger partial charge in [0.1, 0.15) is 12.3 Å². The summed E-state index contributed by atoms with van der Waals surface area (Å²) in [5.74, 6) is 1.05. The van der Waals surface area contributed by atoms with Gasteiger partial charge >= 0.3 is 6.18 Å². The van der Waals surface area contributed by atoms with Crippen LogP contribution in [0.3, 0.4) is 0 Å². The molecular formula is C17H17F3N4O. The molecule has 0 aliphatic carbocycles. The Balaban J connectivity index is 1.94. The smallest absolute Gasteiger partial charge is 0.416 e. The number of aliphatic imine (C=N–C) groups is 1. The van der Waals surface area contributed by atoms with Crippen molar-refractivity contribution in [3.63, 3.8) is 0 Å². The fraction of sp³-hybridized carbons (Fsp3) is 0.412. The molecule has 1 aromatic heterocycles. The Kier molecular flexibility index (Phi) is 3.79. The third kappa shape index (κ3) is 2.90. The molecule has 1 N–H and O–H groups in total. The summed E-state index contributed by atoms with van der Waals surface area (Å²) in [6, 6.07) is 3.55. The predicted molar refractivity (Wildman–Crippen MR) is 90.1 cm³/mol. The van der Waals surface area contributed by atoms with Crippen molar-refractivity contribution in [2.24, 2.45) is 4.99 Å². The second-order valence-corrected chi connectivity index (χ2v) is 6.22. The summed E-state index contributed by atoms with van der Waals surface area (Å²) in [6.07, 6.45) is -4.41. The highest BCUT2D eigenvalue weighted by Gasteiger charge is 2.32. The SMILES string of the molecule is CC1=Nc2c(N3CCNCC3)nc3ccc(C(F)(F)F)cc3c2OC1. The Morgan fingerprint density at radius 2 is 1.96 bits per heavy atom. The first-order chi connectivity index (χ1) is 11.9. The summed E-state index contributed by atoms with van der Waals surface area (Å²) >= 11 is 0. The molecule has 25 heavy (non-hydrogen) atoms. The second-order valence-electron chi connectivity index (χ2n) is 6.22. The van der Waals surface area contributed by atoms with Crippen molar-refractivity contribution < 1.29 is 17.9 Å². The Morgan fingerprint density at radius 3 is 2.68 bits per heavy atom. The molecule has 3 heterocycles. The molecule has 2 aliphatic rings. The van der Waals surface area contributed by atoms with Gasteiger partial charge in [0.05, 0.1) is 16.8 Å². The number of fused-ring (bicyclic) bond motifs is 3. The zero-order chi connectivity index (χ0) is 17.6. The first-order valence-electron chi connectivity index (χ1n) is 8.11. The molecule has 1 aromatic carbocycles. The Hall–Kier alpha value is -2.35. The monoisotopic (exact) mass is 350 g/mol. The summed E-state index contributed by atoms with van der Waals surface area (Å²) in [4.78, 5) is 11.3. The van der Waals surface area contributed by atoms with Crippen LogP contribution in [-0.4, -0.2) is 43.5 Å². The van der Waals surface area contributed by atoms with E-state index in [1.807, 2.05) is 6.92 Å². The number of aromatic nitrogens is 1.